The maximum atomic E-state index is 4.13. The van der Waals surface area contributed by atoms with Crippen molar-refractivity contribution in [3.63, 3.8) is 0 Å². The third kappa shape index (κ3) is 3.30. The maximum absolute atomic E-state index is 4.13. The first-order valence-electron chi connectivity index (χ1n) is 6.39. The first-order valence-corrected chi connectivity index (χ1v) is 6.39. The van der Waals surface area contributed by atoms with Crippen molar-refractivity contribution < 1.29 is 0 Å². The minimum atomic E-state index is 0.644. The zero-order valence-electron chi connectivity index (χ0n) is 10.3. The fraction of sp³-hybridized carbons (Fsp3) is 0.833. The van der Waals surface area contributed by atoms with Crippen LogP contribution in [0.15, 0.2) is 6.33 Å². The van der Waals surface area contributed by atoms with Crippen LogP contribution < -0.4 is 5.32 Å². The first kappa shape index (κ1) is 11.6. The van der Waals surface area contributed by atoms with Crippen molar-refractivity contribution in [1.82, 2.24) is 20.1 Å². The molecule has 1 unspecified atom stereocenters. The summed E-state index contributed by atoms with van der Waals surface area (Å²) in [6.07, 6.45) is 7.00. The summed E-state index contributed by atoms with van der Waals surface area (Å²) >= 11 is 0. The van der Waals surface area contributed by atoms with E-state index in [0.717, 1.165) is 31.3 Å². The van der Waals surface area contributed by atoms with E-state index in [0.29, 0.717) is 6.04 Å². The van der Waals surface area contributed by atoms with E-state index in [4.69, 9.17) is 0 Å². The Labute approximate surface area is 97.5 Å². The Bertz CT molecular complexity index is 317. The summed E-state index contributed by atoms with van der Waals surface area (Å²) < 4.78 is 2.10. The lowest BCUT2D eigenvalue weighted by molar-refractivity contribution is 0.485. The molecule has 0 saturated heterocycles. The van der Waals surface area contributed by atoms with Gasteiger partial charge in [0, 0.05) is 25.6 Å². The van der Waals surface area contributed by atoms with Gasteiger partial charge < -0.3 is 9.88 Å². The van der Waals surface area contributed by atoms with Crippen LogP contribution in [0.3, 0.4) is 0 Å². The molecule has 16 heavy (non-hydrogen) atoms. The summed E-state index contributed by atoms with van der Waals surface area (Å²) in [6.45, 7) is 6.37. The summed E-state index contributed by atoms with van der Waals surface area (Å²) in [5.41, 5.74) is 0. The van der Waals surface area contributed by atoms with E-state index in [-0.39, 0.29) is 0 Å². The number of nitrogens with zero attached hydrogens (tertiary/aromatic N) is 3. The van der Waals surface area contributed by atoms with Crippen LogP contribution in [-0.2, 0) is 13.0 Å². The van der Waals surface area contributed by atoms with Gasteiger partial charge in [0.05, 0.1) is 0 Å². The molecule has 2 rings (SSSR count). The van der Waals surface area contributed by atoms with Crippen LogP contribution in [-0.4, -0.2) is 27.4 Å². The molecule has 0 aliphatic heterocycles. The second-order valence-corrected chi connectivity index (χ2v) is 4.82. The van der Waals surface area contributed by atoms with Crippen LogP contribution in [0.25, 0.3) is 0 Å². The quantitative estimate of drug-likeness (QED) is 0.762. The largest absolute Gasteiger partial charge is 0.318 e. The highest BCUT2D eigenvalue weighted by Crippen LogP contribution is 2.33. The van der Waals surface area contributed by atoms with E-state index in [1.165, 1.54) is 19.3 Å². The molecule has 1 aromatic rings. The lowest BCUT2D eigenvalue weighted by Crippen LogP contribution is -2.29. The van der Waals surface area contributed by atoms with E-state index in [1.807, 2.05) is 6.33 Å². The van der Waals surface area contributed by atoms with E-state index in [1.54, 1.807) is 0 Å². The van der Waals surface area contributed by atoms with Gasteiger partial charge in [-0.25, -0.2) is 0 Å². The van der Waals surface area contributed by atoms with Crippen LogP contribution in [0.5, 0.6) is 0 Å². The van der Waals surface area contributed by atoms with Gasteiger partial charge >= 0.3 is 0 Å². The van der Waals surface area contributed by atoms with E-state index < -0.39 is 0 Å². The van der Waals surface area contributed by atoms with Gasteiger partial charge in [0.15, 0.2) is 0 Å². The molecular formula is C12H22N4. The monoisotopic (exact) mass is 222 g/mol. The minimum Gasteiger partial charge on any atom is -0.318 e. The lowest BCUT2D eigenvalue weighted by Gasteiger charge is -2.12. The van der Waals surface area contributed by atoms with Gasteiger partial charge in [0.1, 0.15) is 12.2 Å². The van der Waals surface area contributed by atoms with Gasteiger partial charge in [-0.1, -0.05) is 12.8 Å². The molecule has 0 amide bonds. The van der Waals surface area contributed by atoms with E-state index >= 15 is 0 Å². The second-order valence-electron chi connectivity index (χ2n) is 4.82. The van der Waals surface area contributed by atoms with Crippen molar-refractivity contribution in [2.45, 2.75) is 52.1 Å². The molecule has 1 atom stereocenters. The second kappa shape index (κ2) is 5.43. The average Bonchev–Trinajstić information content (AvgIpc) is 2.96. The lowest BCUT2D eigenvalue weighted by atomic mass is 10.1. The summed E-state index contributed by atoms with van der Waals surface area (Å²) in [6, 6.07) is 0.644. The summed E-state index contributed by atoms with van der Waals surface area (Å²) in [4.78, 5) is 0. The van der Waals surface area contributed by atoms with Gasteiger partial charge in [0.25, 0.3) is 0 Å². The molecule has 0 radical (unpaired) electrons. The first-order chi connectivity index (χ1) is 7.79. The zero-order chi connectivity index (χ0) is 11.4. The van der Waals surface area contributed by atoms with Crippen molar-refractivity contribution in [3.05, 3.63) is 12.2 Å². The number of hydrogen-bond acceptors (Lipinski definition) is 3. The molecule has 0 spiro atoms. The third-order valence-electron chi connectivity index (χ3n) is 3.26. The van der Waals surface area contributed by atoms with Crippen LogP contribution >= 0.6 is 0 Å². The number of aryl methyl sites for hydroxylation is 1. The molecule has 1 fully saturated rings. The summed E-state index contributed by atoms with van der Waals surface area (Å²) in [5.74, 6) is 2.09. The predicted molar refractivity (Wildman–Crippen MR) is 64.2 cm³/mol. The van der Waals surface area contributed by atoms with Crippen molar-refractivity contribution in [2.24, 2.45) is 5.92 Å². The van der Waals surface area contributed by atoms with Gasteiger partial charge in [-0.3, -0.25) is 0 Å². The molecular weight excluding hydrogens is 200 g/mol. The van der Waals surface area contributed by atoms with Crippen molar-refractivity contribution in [1.29, 1.82) is 0 Å². The fourth-order valence-corrected chi connectivity index (χ4v) is 2.10. The minimum absolute atomic E-state index is 0.644. The van der Waals surface area contributed by atoms with Gasteiger partial charge in [-0.15, -0.1) is 10.2 Å². The van der Waals surface area contributed by atoms with E-state index in [2.05, 4.69) is 33.9 Å². The molecule has 4 heteroatoms. The highest BCUT2D eigenvalue weighted by atomic mass is 15.3. The standard InChI is InChI=1S/C12H22N4/c1-3-16-9-14-15-12(16)6-7-13-10(2)8-11-4-5-11/h9-11,13H,3-8H2,1-2H3. The van der Waals surface area contributed by atoms with Crippen molar-refractivity contribution in [3.8, 4) is 0 Å². The Morgan fingerprint density at radius 1 is 1.56 bits per heavy atom. The molecule has 4 nitrogen and oxygen atoms in total. The molecule has 1 aliphatic carbocycles. The molecule has 1 aliphatic rings. The molecule has 1 N–H and O–H groups in total. The molecule has 0 aromatic carbocycles. The van der Waals surface area contributed by atoms with Crippen LogP contribution in [0.4, 0.5) is 0 Å². The Morgan fingerprint density at radius 3 is 3.06 bits per heavy atom. The Kier molecular flexibility index (Phi) is 3.93. The topological polar surface area (TPSA) is 42.7 Å². The molecule has 90 valence electrons. The highest BCUT2D eigenvalue weighted by molar-refractivity contribution is 4.87. The number of rotatable bonds is 7. The Hall–Kier alpha value is -0.900. The maximum Gasteiger partial charge on any atom is 0.134 e. The molecule has 1 saturated carbocycles. The fourth-order valence-electron chi connectivity index (χ4n) is 2.10. The van der Waals surface area contributed by atoms with Crippen molar-refractivity contribution >= 4 is 0 Å². The number of nitrogens with one attached hydrogen (secondary N) is 1. The molecule has 0 bridgehead atoms. The van der Waals surface area contributed by atoms with Crippen LogP contribution in [0.2, 0.25) is 0 Å². The number of aromatic nitrogens is 3. The summed E-state index contributed by atoms with van der Waals surface area (Å²) in [7, 11) is 0. The van der Waals surface area contributed by atoms with Gasteiger partial charge in [0.2, 0.25) is 0 Å². The smallest absolute Gasteiger partial charge is 0.134 e. The van der Waals surface area contributed by atoms with Gasteiger partial charge in [-0.2, -0.15) is 0 Å². The molecule has 1 aromatic heterocycles. The van der Waals surface area contributed by atoms with Crippen LogP contribution in [0, 0.1) is 5.92 Å². The highest BCUT2D eigenvalue weighted by Gasteiger charge is 2.23. The molecule has 1 heterocycles. The normalized spacial score (nSPS) is 17.6. The van der Waals surface area contributed by atoms with Gasteiger partial charge in [-0.05, 0) is 26.2 Å². The predicted octanol–water partition coefficient (Wildman–Crippen LogP) is 1.62. The Balaban J connectivity index is 1.66. The SMILES string of the molecule is CCn1cnnc1CCNC(C)CC1CC1. The third-order valence-corrected chi connectivity index (χ3v) is 3.26. The average molecular weight is 222 g/mol. The zero-order valence-corrected chi connectivity index (χ0v) is 10.3. The number of hydrogen-bond donors (Lipinski definition) is 1. The van der Waals surface area contributed by atoms with Crippen molar-refractivity contribution in [2.75, 3.05) is 6.54 Å². The van der Waals surface area contributed by atoms with E-state index in [9.17, 15) is 0 Å². The summed E-state index contributed by atoms with van der Waals surface area (Å²) in [5, 5.41) is 11.6. The van der Waals surface area contributed by atoms with Crippen LogP contribution in [0.1, 0.15) is 38.9 Å². The Morgan fingerprint density at radius 2 is 2.38 bits per heavy atom.